The third kappa shape index (κ3) is 5.57. The molecule has 2 rings (SSSR count). The third-order valence-electron chi connectivity index (χ3n) is 4.64. The molecule has 2 unspecified atom stereocenters. The zero-order valence-electron chi connectivity index (χ0n) is 16.7. The van der Waals surface area contributed by atoms with E-state index in [2.05, 4.69) is 5.32 Å². The van der Waals surface area contributed by atoms with Gasteiger partial charge in [0.2, 0.25) is 5.91 Å². The number of amides is 2. The highest BCUT2D eigenvalue weighted by atomic mass is 19.4. The van der Waals surface area contributed by atoms with Crippen LogP contribution in [0, 0.1) is 17.5 Å². The van der Waals surface area contributed by atoms with Crippen LogP contribution in [0.3, 0.4) is 0 Å². The van der Waals surface area contributed by atoms with Crippen LogP contribution in [0.15, 0.2) is 12.1 Å². The van der Waals surface area contributed by atoms with Gasteiger partial charge in [0.1, 0.15) is 24.0 Å². The van der Waals surface area contributed by atoms with Gasteiger partial charge >= 0.3 is 12.3 Å². The van der Waals surface area contributed by atoms with Crippen molar-refractivity contribution in [1.29, 1.82) is 0 Å². The Hall–Kier alpha value is -2.46. The lowest BCUT2D eigenvalue weighted by Gasteiger charge is -2.43. The van der Waals surface area contributed by atoms with Crippen molar-refractivity contribution in [2.45, 2.75) is 63.9 Å². The van der Waals surface area contributed by atoms with E-state index in [1.807, 2.05) is 0 Å². The number of rotatable bonds is 3. The molecule has 0 saturated carbocycles. The van der Waals surface area contributed by atoms with Crippen LogP contribution in [-0.4, -0.2) is 47.3 Å². The maximum Gasteiger partial charge on any atom is 0.408 e. The summed E-state index contributed by atoms with van der Waals surface area (Å²) in [6, 6.07) is -1.66. The second-order valence-electron chi connectivity index (χ2n) is 8.12. The zero-order chi connectivity index (χ0) is 23.0. The minimum absolute atomic E-state index is 0.375. The molecule has 3 atom stereocenters. The molecule has 1 N–H and O–H groups in total. The first-order chi connectivity index (χ1) is 13.6. The molecule has 0 aliphatic carbocycles. The molecule has 0 radical (unpaired) electrons. The van der Waals surface area contributed by atoms with Crippen LogP contribution in [0.4, 0.5) is 31.1 Å². The average molecular weight is 440 g/mol. The highest BCUT2D eigenvalue weighted by Crippen LogP contribution is 2.38. The highest BCUT2D eigenvalue weighted by Gasteiger charge is 2.47. The van der Waals surface area contributed by atoms with Gasteiger partial charge in [0.05, 0.1) is 0 Å². The van der Waals surface area contributed by atoms with E-state index in [4.69, 9.17) is 4.74 Å². The second-order valence-corrected chi connectivity index (χ2v) is 8.12. The lowest BCUT2D eigenvalue weighted by atomic mass is 9.81. The number of carbonyl (C=O) groups excluding carboxylic acids is 2. The molecule has 1 aromatic carbocycles. The largest absolute Gasteiger partial charge is 0.444 e. The summed E-state index contributed by atoms with van der Waals surface area (Å²) >= 11 is 0. The van der Waals surface area contributed by atoms with Crippen LogP contribution in [0.2, 0.25) is 0 Å². The molecule has 0 bridgehead atoms. The third-order valence-corrected chi connectivity index (χ3v) is 4.64. The summed E-state index contributed by atoms with van der Waals surface area (Å²) < 4.78 is 86.5. The van der Waals surface area contributed by atoms with Crippen molar-refractivity contribution in [2.75, 3.05) is 6.54 Å². The van der Waals surface area contributed by atoms with E-state index in [-0.39, 0.29) is 0 Å². The van der Waals surface area contributed by atoms with Crippen molar-refractivity contribution in [2.24, 2.45) is 0 Å². The fraction of sp³-hybridized carbons (Fsp3) is 0.579. The van der Waals surface area contributed by atoms with Gasteiger partial charge < -0.3 is 15.0 Å². The first-order valence-corrected chi connectivity index (χ1v) is 9.11. The Morgan fingerprint density at radius 1 is 1.17 bits per heavy atom. The first kappa shape index (κ1) is 23.8. The minimum Gasteiger partial charge on any atom is -0.444 e. The Labute approximate surface area is 169 Å². The van der Waals surface area contributed by atoms with E-state index < -0.39 is 77.8 Å². The summed E-state index contributed by atoms with van der Waals surface area (Å²) in [4.78, 5) is 25.0. The Morgan fingerprint density at radius 3 is 2.27 bits per heavy atom. The molecule has 2 amide bonds. The Morgan fingerprint density at radius 2 is 1.73 bits per heavy atom. The standard InChI is InChI=1S/C19H22F6N2O3/c1-9-10(14-11(20)5-6-12(21)15(14)22)7-13(26-17(29)30-18(2,3)4)16(28)27(9)8-19(23,24)25/h5-6,9-10,13H,7-8H2,1-4H3,(H,26,29)/t9-,10?,13?/m1/s1. The topological polar surface area (TPSA) is 58.6 Å². The van der Waals surface area contributed by atoms with Gasteiger partial charge in [-0.2, -0.15) is 13.2 Å². The molecule has 0 spiro atoms. The number of hydrogen-bond acceptors (Lipinski definition) is 3. The normalized spacial score (nSPS) is 22.8. The van der Waals surface area contributed by atoms with E-state index in [1.165, 1.54) is 27.7 Å². The highest BCUT2D eigenvalue weighted by molar-refractivity contribution is 5.87. The number of hydrogen-bond donors (Lipinski definition) is 1. The number of halogens is 6. The van der Waals surface area contributed by atoms with Crippen LogP contribution in [0.5, 0.6) is 0 Å². The summed E-state index contributed by atoms with van der Waals surface area (Å²) in [7, 11) is 0. The van der Waals surface area contributed by atoms with Crippen LogP contribution in [-0.2, 0) is 9.53 Å². The summed E-state index contributed by atoms with van der Waals surface area (Å²) in [5.74, 6) is -6.53. The summed E-state index contributed by atoms with van der Waals surface area (Å²) in [6.45, 7) is 4.09. The van der Waals surface area contributed by atoms with Crippen molar-refractivity contribution in [3.63, 3.8) is 0 Å². The molecule has 168 valence electrons. The monoisotopic (exact) mass is 440 g/mol. The van der Waals surface area contributed by atoms with Gasteiger partial charge in [-0.05, 0) is 46.2 Å². The number of ether oxygens (including phenoxy) is 1. The fourth-order valence-electron chi connectivity index (χ4n) is 3.40. The van der Waals surface area contributed by atoms with E-state index in [0.29, 0.717) is 17.0 Å². The number of likely N-dealkylation sites (tertiary alicyclic amines) is 1. The Kier molecular flexibility index (Phi) is 6.63. The van der Waals surface area contributed by atoms with E-state index in [9.17, 15) is 35.9 Å². The Balaban J connectivity index is 2.44. The van der Waals surface area contributed by atoms with E-state index >= 15 is 0 Å². The molecular weight excluding hydrogens is 418 g/mol. The van der Waals surface area contributed by atoms with Gasteiger partial charge in [0.25, 0.3) is 0 Å². The predicted molar refractivity (Wildman–Crippen MR) is 94.1 cm³/mol. The van der Waals surface area contributed by atoms with Crippen molar-refractivity contribution in [1.82, 2.24) is 10.2 Å². The Bertz CT molecular complexity index is 822. The van der Waals surface area contributed by atoms with Crippen LogP contribution >= 0.6 is 0 Å². The van der Waals surface area contributed by atoms with Gasteiger partial charge in [-0.1, -0.05) is 0 Å². The maximum absolute atomic E-state index is 14.3. The number of benzene rings is 1. The van der Waals surface area contributed by atoms with Crippen LogP contribution in [0.1, 0.15) is 45.6 Å². The summed E-state index contributed by atoms with van der Waals surface area (Å²) in [5.41, 5.74) is -1.74. The molecule has 1 aromatic rings. The van der Waals surface area contributed by atoms with Crippen molar-refractivity contribution in [3.8, 4) is 0 Å². The number of nitrogens with one attached hydrogen (secondary N) is 1. The number of alkyl halides is 3. The van der Waals surface area contributed by atoms with Crippen molar-refractivity contribution >= 4 is 12.0 Å². The average Bonchev–Trinajstić information content (AvgIpc) is 2.56. The van der Waals surface area contributed by atoms with E-state index in [0.717, 1.165) is 0 Å². The number of nitrogens with zero attached hydrogens (tertiary/aromatic N) is 1. The molecule has 1 heterocycles. The SMILES string of the molecule is C[C@@H]1C(c2c(F)ccc(F)c2F)CC(NC(=O)OC(C)(C)C)C(=O)N1CC(F)(F)F. The second kappa shape index (κ2) is 8.35. The molecule has 1 saturated heterocycles. The number of alkyl carbamates (subject to hydrolysis) is 1. The molecule has 0 aromatic heterocycles. The molecule has 1 fully saturated rings. The predicted octanol–water partition coefficient (Wildman–Crippen LogP) is 4.26. The smallest absolute Gasteiger partial charge is 0.408 e. The zero-order valence-corrected chi connectivity index (χ0v) is 16.7. The van der Waals surface area contributed by atoms with Gasteiger partial charge in [-0.25, -0.2) is 18.0 Å². The summed E-state index contributed by atoms with van der Waals surface area (Å²) in [5, 5.41) is 2.16. The summed E-state index contributed by atoms with van der Waals surface area (Å²) in [6.07, 6.45) is -6.33. The van der Waals surface area contributed by atoms with Crippen molar-refractivity contribution < 1.29 is 40.7 Å². The van der Waals surface area contributed by atoms with Crippen molar-refractivity contribution in [3.05, 3.63) is 35.1 Å². The molecule has 30 heavy (non-hydrogen) atoms. The quantitative estimate of drug-likeness (QED) is 0.565. The molecule has 11 heteroatoms. The van der Waals surface area contributed by atoms with Crippen LogP contribution in [0.25, 0.3) is 0 Å². The molecule has 1 aliphatic heterocycles. The van der Waals surface area contributed by atoms with Gasteiger partial charge in [0, 0.05) is 17.5 Å². The number of piperidine rings is 1. The maximum atomic E-state index is 14.3. The number of carbonyl (C=O) groups is 2. The molecule has 5 nitrogen and oxygen atoms in total. The lowest BCUT2D eigenvalue weighted by Crippen LogP contribution is -2.60. The minimum atomic E-state index is -4.80. The molecular formula is C19H22F6N2O3. The van der Waals surface area contributed by atoms with Crippen LogP contribution < -0.4 is 5.32 Å². The van der Waals surface area contributed by atoms with Gasteiger partial charge in [0.15, 0.2) is 11.6 Å². The van der Waals surface area contributed by atoms with E-state index in [1.54, 1.807) is 0 Å². The first-order valence-electron chi connectivity index (χ1n) is 9.11. The lowest BCUT2D eigenvalue weighted by molar-refractivity contribution is -0.171. The van der Waals surface area contributed by atoms with Gasteiger partial charge in [-0.15, -0.1) is 0 Å². The fourth-order valence-corrected chi connectivity index (χ4v) is 3.40. The molecule has 1 aliphatic rings. The van der Waals surface area contributed by atoms with Gasteiger partial charge in [-0.3, -0.25) is 4.79 Å².